The molecule has 1 N–H and O–H groups in total. The van der Waals surface area contributed by atoms with Crippen molar-refractivity contribution in [3.05, 3.63) is 53.3 Å². The molecule has 0 atom stereocenters. The molecule has 132 valence electrons. The molecule has 0 saturated carbocycles. The highest BCUT2D eigenvalue weighted by molar-refractivity contribution is 6.04. The molecule has 0 bridgehead atoms. The number of amides is 1. The Kier molecular flexibility index (Phi) is 5.69. The maximum absolute atomic E-state index is 12.8. The molecule has 1 saturated heterocycles. The Balaban J connectivity index is 1.82. The maximum Gasteiger partial charge on any atom is 0.274 e. The second-order valence-corrected chi connectivity index (χ2v) is 6.56. The molecule has 4 nitrogen and oxygen atoms in total. The number of nitrogens with zero attached hydrogens (tertiary/aromatic N) is 2. The minimum atomic E-state index is -0.130. The first-order valence-electron chi connectivity index (χ1n) is 9.36. The van der Waals surface area contributed by atoms with E-state index in [-0.39, 0.29) is 5.91 Å². The van der Waals surface area contributed by atoms with E-state index in [1.807, 2.05) is 12.1 Å². The van der Waals surface area contributed by atoms with Crippen molar-refractivity contribution in [3.8, 4) is 0 Å². The average Bonchev–Trinajstić information content (AvgIpc) is 2.69. The Labute approximate surface area is 150 Å². The summed E-state index contributed by atoms with van der Waals surface area (Å²) in [5, 5.41) is 3.11. The highest BCUT2D eigenvalue weighted by Crippen LogP contribution is 2.24. The molecule has 1 aromatic heterocycles. The molecule has 25 heavy (non-hydrogen) atoms. The maximum atomic E-state index is 12.8. The Morgan fingerprint density at radius 3 is 2.40 bits per heavy atom. The molecule has 1 aromatic carbocycles. The van der Waals surface area contributed by atoms with E-state index in [2.05, 4.69) is 47.2 Å². The van der Waals surface area contributed by atoms with Crippen molar-refractivity contribution < 1.29 is 4.79 Å². The number of anilines is 2. The second-order valence-electron chi connectivity index (χ2n) is 6.56. The zero-order valence-electron chi connectivity index (χ0n) is 15.2. The number of hydrogen-bond donors (Lipinski definition) is 1. The number of hydrogen-bond acceptors (Lipinski definition) is 3. The molecule has 1 amide bonds. The van der Waals surface area contributed by atoms with Gasteiger partial charge in [-0.3, -0.25) is 9.78 Å². The second kappa shape index (κ2) is 8.15. The standard InChI is InChI=1S/C21H27N3O/c1-3-16-9-8-10-17(4-2)20(16)23-21(25)19-15-18(11-12-22-19)24-13-6-5-7-14-24/h8-12,15H,3-7,13-14H2,1-2H3,(H,23,25). The number of aryl methyl sites for hydroxylation is 2. The summed E-state index contributed by atoms with van der Waals surface area (Å²) in [6.45, 7) is 6.34. The van der Waals surface area contributed by atoms with Gasteiger partial charge in [-0.1, -0.05) is 32.0 Å². The molecule has 1 fully saturated rings. The monoisotopic (exact) mass is 337 g/mol. The third-order valence-electron chi connectivity index (χ3n) is 4.93. The number of carbonyl (C=O) groups is 1. The van der Waals surface area contributed by atoms with E-state index in [4.69, 9.17) is 0 Å². The van der Waals surface area contributed by atoms with Gasteiger partial charge in [0, 0.05) is 30.7 Å². The topological polar surface area (TPSA) is 45.2 Å². The van der Waals surface area contributed by atoms with Gasteiger partial charge in [-0.05, 0) is 55.4 Å². The van der Waals surface area contributed by atoms with Gasteiger partial charge in [-0.15, -0.1) is 0 Å². The number of rotatable bonds is 5. The van der Waals surface area contributed by atoms with Gasteiger partial charge in [0.2, 0.25) is 0 Å². The molecule has 0 aliphatic carbocycles. The van der Waals surface area contributed by atoms with Crippen molar-refractivity contribution in [2.24, 2.45) is 0 Å². The van der Waals surface area contributed by atoms with E-state index in [1.54, 1.807) is 6.20 Å². The normalized spacial score (nSPS) is 14.4. The van der Waals surface area contributed by atoms with Crippen LogP contribution >= 0.6 is 0 Å². The summed E-state index contributed by atoms with van der Waals surface area (Å²) in [6.07, 6.45) is 7.25. The van der Waals surface area contributed by atoms with Crippen LogP contribution in [0.3, 0.4) is 0 Å². The Hall–Kier alpha value is -2.36. The average molecular weight is 337 g/mol. The van der Waals surface area contributed by atoms with Crippen LogP contribution in [0.5, 0.6) is 0 Å². The minimum Gasteiger partial charge on any atom is -0.371 e. The lowest BCUT2D eigenvalue weighted by Crippen LogP contribution is -2.29. The van der Waals surface area contributed by atoms with Crippen LogP contribution in [0.1, 0.15) is 54.7 Å². The van der Waals surface area contributed by atoms with Crippen LogP contribution in [-0.2, 0) is 12.8 Å². The van der Waals surface area contributed by atoms with Crippen molar-refractivity contribution in [2.45, 2.75) is 46.0 Å². The van der Waals surface area contributed by atoms with E-state index in [0.29, 0.717) is 5.69 Å². The minimum absolute atomic E-state index is 0.130. The van der Waals surface area contributed by atoms with Gasteiger partial charge in [0.15, 0.2) is 0 Å². The van der Waals surface area contributed by atoms with Crippen LogP contribution in [0.25, 0.3) is 0 Å². The summed E-state index contributed by atoms with van der Waals surface area (Å²) in [5.41, 5.74) is 4.86. The third kappa shape index (κ3) is 4.01. The zero-order chi connectivity index (χ0) is 17.6. The lowest BCUT2D eigenvalue weighted by Gasteiger charge is -2.28. The molecule has 1 aliphatic heterocycles. The SMILES string of the molecule is CCc1cccc(CC)c1NC(=O)c1cc(N2CCCCC2)ccn1. The first kappa shape index (κ1) is 17.5. The van der Waals surface area contributed by atoms with E-state index in [0.717, 1.165) is 37.3 Å². The van der Waals surface area contributed by atoms with Gasteiger partial charge in [-0.2, -0.15) is 0 Å². The van der Waals surface area contributed by atoms with Crippen molar-refractivity contribution >= 4 is 17.3 Å². The van der Waals surface area contributed by atoms with E-state index >= 15 is 0 Å². The van der Waals surface area contributed by atoms with Crippen LogP contribution in [0, 0.1) is 0 Å². The summed E-state index contributed by atoms with van der Waals surface area (Å²) < 4.78 is 0. The van der Waals surface area contributed by atoms with E-state index in [9.17, 15) is 4.79 Å². The van der Waals surface area contributed by atoms with E-state index in [1.165, 1.54) is 30.4 Å². The summed E-state index contributed by atoms with van der Waals surface area (Å²) in [5.74, 6) is -0.130. The number of pyridine rings is 1. The predicted molar refractivity (Wildman–Crippen MR) is 103 cm³/mol. The number of benzene rings is 1. The molecule has 4 heteroatoms. The Morgan fingerprint density at radius 1 is 1.08 bits per heavy atom. The predicted octanol–water partition coefficient (Wildman–Crippen LogP) is 4.45. The largest absolute Gasteiger partial charge is 0.371 e. The fraction of sp³-hybridized carbons (Fsp3) is 0.429. The summed E-state index contributed by atoms with van der Waals surface area (Å²) in [7, 11) is 0. The number of piperidine rings is 1. The number of para-hydroxylation sites is 1. The third-order valence-corrected chi connectivity index (χ3v) is 4.93. The number of nitrogens with one attached hydrogen (secondary N) is 1. The van der Waals surface area contributed by atoms with Gasteiger partial charge < -0.3 is 10.2 Å². The van der Waals surface area contributed by atoms with Gasteiger partial charge in [0.05, 0.1) is 0 Å². The quantitative estimate of drug-likeness (QED) is 0.877. The van der Waals surface area contributed by atoms with Crippen LogP contribution < -0.4 is 10.2 Å². The number of aromatic nitrogens is 1. The molecule has 3 rings (SSSR count). The molecule has 2 heterocycles. The van der Waals surface area contributed by atoms with Crippen LogP contribution in [0.2, 0.25) is 0 Å². The van der Waals surface area contributed by atoms with Crippen molar-refractivity contribution in [1.29, 1.82) is 0 Å². The molecule has 0 spiro atoms. The molecular weight excluding hydrogens is 310 g/mol. The fourth-order valence-corrected chi connectivity index (χ4v) is 3.47. The van der Waals surface area contributed by atoms with Crippen LogP contribution in [0.15, 0.2) is 36.5 Å². The van der Waals surface area contributed by atoms with Crippen molar-refractivity contribution in [1.82, 2.24) is 4.98 Å². The summed E-state index contributed by atoms with van der Waals surface area (Å²) in [6, 6.07) is 10.1. The van der Waals surface area contributed by atoms with Gasteiger partial charge in [0.1, 0.15) is 5.69 Å². The molecule has 1 aliphatic rings. The van der Waals surface area contributed by atoms with Crippen molar-refractivity contribution in [3.63, 3.8) is 0 Å². The molecule has 2 aromatic rings. The highest BCUT2D eigenvalue weighted by Gasteiger charge is 2.16. The molecule has 0 radical (unpaired) electrons. The van der Waals surface area contributed by atoms with Crippen LogP contribution in [0.4, 0.5) is 11.4 Å². The number of carbonyl (C=O) groups excluding carboxylic acids is 1. The Morgan fingerprint density at radius 2 is 1.76 bits per heavy atom. The molecular formula is C21H27N3O. The summed E-state index contributed by atoms with van der Waals surface area (Å²) >= 11 is 0. The van der Waals surface area contributed by atoms with Gasteiger partial charge in [-0.25, -0.2) is 0 Å². The lowest BCUT2D eigenvalue weighted by molar-refractivity contribution is 0.102. The van der Waals surface area contributed by atoms with E-state index < -0.39 is 0 Å². The highest BCUT2D eigenvalue weighted by atomic mass is 16.1. The first-order valence-corrected chi connectivity index (χ1v) is 9.36. The molecule has 0 unspecified atom stereocenters. The Bertz CT molecular complexity index is 713. The lowest BCUT2D eigenvalue weighted by atomic mass is 10.0. The summed E-state index contributed by atoms with van der Waals surface area (Å²) in [4.78, 5) is 19.4. The zero-order valence-corrected chi connectivity index (χ0v) is 15.2. The smallest absolute Gasteiger partial charge is 0.274 e. The van der Waals surface area contributed by atoms with Gasteiger partial charge in [0.25, 0.3) is 5.91 Å². The first-order chi connectivity index (χ1) is 12.2. The fourth-order valence-electron chi connectivity index (χ4n) is 3.47. The van der Waals surface area contributed by atoms with Crippen molar-refractivity contribution in [2.75, 3.05) is 23.3 Å². The van der Waals surface area contributed by atoms with Crippen LogP contribution in [-0.4, -0.2) is 24.0 Å². The van der Waals surface area contributed by atoms with Gasteiger partial charge >= 0.3 is 0 Å².